The monoisotopic (exact) mass is 421 g/mol. The van der Waals surface area contributed by atoms with E-state index in [1.54, 1.807) is 6.07 Å². The van der Waals surface area contributed by atoms with Crippen LogP contribution in [0, 0.1) is 6.92 Å². The normalized spacial score (nSPS) is 12.8. The Morgan fingerprint density at radius 3 is 2.73 bits per heavy atom. The van der Waals surface area contributed by atoms with E-state index in [4.69, 9.17) is 30.5 Å². The number of halogens is 1. The van der Waals surface area contributed by atoms with Gasteiger partial charge in [-0.15, -0.1) is 0 Å². The first-order valence-electron chi connectivity index (χ1n) is 9.65. The number of pyridine rings is 1. The van der Waals surface area contributed by atoms with Gasteiger partial charge in [0.2, 0.25) is 12.7 Å². The van der Waals surface area contributed by atoms with Crippen LogP contribution in [0.1, 0.15) is 17.0 Å². The zero-order chi connectivity index (χ0) is 20.7. The number of nitrogens with zero attached hydrogens (tertiary/aromatic N) is 3. The topological polar surface area (TPSA) is 60.6 Å². The largest absolute Gasteiger partial charge is 0.454 e. The van der Waals surface area contributed by atoms with Crippen molar-refractivity contribution >= 4 is 22.5 Å². The second-order valence-corrected chi connectivity index (χ2v) is 7.77. The van der Waals surface area contributed by atoms with Crippen molar-refractivity contribution in [1.82, 2.24) is 14.9 Å². The van der Waals surface area contributed by atoms with E-state index in [1.165, 1.54) is 5.56 Å². The molecule has 0 atom stereocenters. The fourth-order valence-corrected chi connectivity index (χ4v) is 3.90. The molecule has 1 aliphatic rings. The van der Waals surface area contributed by atoms with Crippen molar-refractivity contribution in [3.63, 3.8) is 0 Å². The Hall–Kier alpha value is -3.09. The van der Waals surface area contributed by atoms with Crippen LogP contribution in [-0.4, -0.2) is 28.7 Å². The van der Waals surface area contributed by atoms with Gasteiger partial charge in [-0.2, -0.15) is 0 Å². The Balaban J connectivity index is 1.38. The quantitative estimate of drug-likeness (QED) is 0.440. The average molecular weight is 422 g/mol. The summed E-state index contributed by atoms with van der Waals surface area (Å²) in [6.45, 7) is 3.53. The van der Waals surface area contributed by atoms with Gasteiger partial charge >= 0.3 is 0 Å². The van der Waals surface area contributed by atoms with Crippen LogP contribution in [0.3, 0.4) is 0 Å². The molecular weight excluding hydrogens is 402 g/mol. The molecule has 0 spiro atoms. The number of hydrogen-bond donors (Lipinski definition) is 0. The van der Waals surface area contributed by atoms with Crippen molar-refractivity contribution in [2.24, 2.45) is 0 Å². The van der Waals surface area contributed by atoms with Gasteiger partial charge in [0.25, 0.3) is 0 Å². The van der Waals surface area contributed by atoms with E-state index >= 15 is 0 Å². The van der Waals surface area contributed by atoms with Gasteiger partial charge in [0, 0.05) is 30.7 Å². The minimum Gasteiger partial charge on any atom is -0.454 e. The van der Waals surface area contributed by atoms with Gasteiger partial charge in [-0.05, 0) is 37.7 Å². The summed E-state index contributed by atoms with van der Waals surface area (Å²) in [6.07, 6.45) is 1.85. The van der Waals surface area contributed by atoms with Crippen LogP contribution in [0.25, 0.3) is 22.4 Å². The van der Waals surface area contributed by atoms with E-state index in [0.717, 1.165) is 28.9 Å². The Bertz CT molecular complexity index is 1230. The van der Waals surface area contributed by atoms with Crippen LogP contribution in [0.2, 0.25) is 5.02 Å². The number of hydrogen-bond acceptors (Lipinski definition) is 6. The van der Waals surface area contributed by atoms with Gasteiger partial charge in [-0.3, -0.25) is 9.88 Å². The Morgan fingerprint density at radius 1 is 1.07 bits per heavy atom. The third-order valence-corrected chi connectivity index (χ3v) is 5.50. The highest BCUT2D eigenvalue weighted by molar-refractivity contribution is 6.33. The maximum absolute atomic E-state index is 6.42. The SMILES string of the molecule is Cc1oc(-c2cc3c(cc2Cl)OCO3)nc1CN(C)Cc1ccnc2ccccc12. The van der Waals surface area contributed by atoms with Crippen LogP contribution in [0.5, 0.6) is 11.5 Å². The standard InChI is InChI=1S/C23H20ClN3O3/c1-14-20(12-27(2)11-15-7-8-25-19-6-4-3-5-16(15)19)26-23(30-14)17-9-21-22(10-18(17)24)29-13-28-21/h3-10H,11-13H2,1-2H3. The Morgan fingerprint density at radius 2 is 1.87 bits per heavy atom. The first-order valence-corrected chi connectivity index (χ1v) is 10.0. The van der Waals surface area contributed by atoms with E-state index in [2.05, 4.69) is 29.1 Å². The predicted octanol–water partition coefficient (Wildman–Crippen LogP) is 5.21. The summed E-state index contributed by atoms with van der Waals surface area (Å²) in [4.78, 5) is 11.4. The van der Waals surface area contributed by atoms with Crippen LogP contribution >= 0.6 is 11.6 Å². The molecule has 30 heavy (non-hydrogen) atoms. The Labute approximate surface area is 179 Å². The molecule has 0 saturated heterocycles. The summed E-state index contributed by atoms with van der Waals surface area (Å²) < 4.78 is 16.8. The fraction of sp³-hybridized carbons (Fsp3) is 0.217. The first kappa shape index (κ1) is 18.9. The average Bonchev–Trinajstić information content (AvgIpc) is 3.33. The number of ether oxygens (including phenoxy) is 2. The number of rotatable bonds is 5. The van der Waals surface area contributed by atoms with Crippen molar-refractivity contribution in [1.29, 1.82) is 0 Å². The minimum absolute atomic E-state index is 0.194. The van der Waals surface area contributed by atoms with E-state index in [0.29, 0.717) is 34.5 Å². The molecule has 7 heteroatoms. The molecule has 2 aromatic heterocycles. The van der Waals surface area contributed by atoms with Gasteiger partial charge in [0.1, 0.15) is 5.76 Å². The van der Waals surface area contributed by atoms with Crippen LogP contribution in [0.4, 0.5) is 0 Å². The number of aromatic nitrogens is 2. The molecule has 4 aromatic rings. The summed E-state index contributed by atoms with van der Waals surface area (Å²) in [7, 11) is 2.07. The number of oxazole rings is 1. The van der Waals surface area contributed by atoms with Crippen LogP contribution < -0.4 is 9.47 Å². The molecular formula is C23H20ClN3O3. The number of para-hydroxylation sites is 1. The lowest BCUT2D eigenvalue weighted by molar-refractivity contribution is 0.174. The second-order valence-electron chi connectivity index (χ2n) is 7.37. The molecule has 152 valence electrons. The molecule has 0 N–H and O–H groups in total. The number of benzene rings is 2. The summed E-state index contributed by atoms with van der Waals surface area (Å²) in [5.74, 6) is 2.53. The van der Waals surface area contributed by atoms with E-state index in [9.17, 15) is 0 Å². The van der Waals surface area contributed by atoms with E-state index in [-0.39, 0.29) is 6.79 Å². The minimum atomic E-state index is 0.194. The molecule has 0 amide bonds. The van der Waals surface area contributed by atoms with Gasteiger partial charge in [0.15, 0.2) is 11.5 Å². The Kier molecular flexibility index (Phi) is 4.81. The van der Waals surface area contributed by atoms with Gasteiger partial charge in [-0.25, -0.2) is 4.98 Å². The first-order chi connectivity index (χ1) is 14.6. The summed E-state index contributed by atoms with van der Waals surface area (Å²) in [5.41, 5.74) is 3.79. The van der Waals surface area contributed by atoms with Gasteiger partial charge in [-0.1, -0.05) is 29.8 Å². The highest BCUT2D eigenvalue weighted by Crippen LogP contribution is 2.41. The molecule has 5 rings (SSSR count). The third kappa shape index (κ3) is 3.49. The van der Waals surface area contributed by atoms with Gasteiger partial charge in [0.05, 0.1) is 21.8 Å². The van der Waals surface area contributed by atoms with Gasteiger partial charge < -0.3 is 13.9 Å². The lowest BCUT2D eigenvalue weighted by Crippen LogP contribution is -2.18. The lowest BCUT2D eigenvalue weighted by Gasteiger charge is -2.16. The molecule has 1 aliphatic heterocycles. The summed E-state index contributed by atoms with van der Waals surface area (Å²) in [5, 5.41) is 1.68. The zero-order valence-corrected chi connectivity index (χ0v) is 17.4. The molecule has 0 bridgehead atoms. The molecule has 0 unspecified atom stereocenters. The zero-order valence-electron chi connectivity index (χ0n) is 16.7. The molecule has 6 nitrogen and oxygen atoms in total. The highest BCUT2D eigenvalue weighted by atomic mass is 35.5. The molecule has 3 heterocycles. The fourth-order valence-electron chi connectivity index (χ4n) is 3.67. The maximum atomic E-state index is 6.42. The maximum Gasteiger partial charge on any atom is 0.231 e. The summed E-state index contributed by atoms with van der Waals surface area (Å²) in [6, 6.07) is 13.8. The predicted molar refractivity (Wildman–Crippen MR) is 115 cm³/mol. The van der Waals surface area contributed by atoms with Crippen molar-refractivity contribution < 1.29 is 13.9 Å². The molecule has 2 aromatic carbocycles. The summed E-state index contributed by atoms with van der Waals surface area (Å²) >= 11 is 6.42. The molecule has 0 saturated carbocycles. The smallest absolute Gasteiger partial charge is 0.231 e. The number of aryl methyl sites for hydroxylation is 1. The lowest BCUT2D eigenvalue weighted by atomic mass is 10.1. The molecule has 0 radical (unpaired) electrons. The van der Waals surface area contributed by atoms with Crippen LogP contribution in [-0.2, 0) is 13.1 Å². The third-order valence-electron chi connectivity index (χ3n) is 5.18. The van der Waals surface area contributed by atoms with Crippen LogP contribution in [0.15, 0.2) is 53.1 Å². The van der Waals surface area contributed by atoms with E-state index < -0.39 is 0 Å². The van der Waals surface area contributed by atoms with Crippen molar-refractivity contribution in [3.05, 3.63) is 70.7 Å². The highest BCUT2D eigenvalue weighted by Gasteiger charge is 2.21. The van der Waals surface area contributed by atoms with Crippen molar-refractivity contribution in [2.45, 2.75) is 20.0 Å². The molecule has 0 aliphatic carbocycles. The van der Waals surface area contributed by atoms with Crippen molar-refractivity contribution in [2.75, 3.05) is 13.8 Å². The second kappa shape index (κ2) is 7.63. The van der Waals surface area contributed by atoms with Crippen molar-refractivity contribution in [3.8, 4) is 23.0 Å². The number of fused-ring (bicyclic) bond motifs is 2. The molecule has 0 fully saturated rings. The van der Waals surface area contributed by atoms with E-state index in [1.807, 2.05) is 37.4 Å².